The highest BCUT2D eigenvalue weighted by Gasteiger charge is 2.38. The van der Waals surface area contributed by atoms with Crippen LogP contribution < -0.4 is 15.4 Å². The van der Waals surface area contributed by atoms with Crippen LogP contribution in [0.15, 0.2) is 47.8 Å². The van der Waals surface area contributed by atoms with E-state index in [1.165, 1.54) is 6.20 Å². The molecule has 0 spiro atoms. The number of carbonyl (C=O) groups is 2. The maximum absolute atomic E-state index is 13.7. The Hall–Kier alpha value is -3.37. The summed E-state index contributed by atoms with van der Waals surface area (Å²) in [4.78, 5) is 35.1. The summed E-state index contributed by atoms with van der Waals surface area (Å²) in [5, 5.41) is 7.49. The number of aromatic nitrogens is 2. The van der Waals surface area contributed by atoms with Crippen LogP contribution in [0.3, 0.4) is 0 Å². The van der Waals surface area contributed by atoms with E-state index < -0.39 is 22.1 Å². The van der Waals surface area contributed by atoms with Gasteiger partial charge in [-0.3, -0.25) is 19.6 Å². The normalized spacial score (nSPS) is 19.4. The second-order valence-corrected chi connectivity index (χ2v) is 13.2. The highest BCUT2D eigenvalue weighted by atomic mass is 32.2. The van der Waals surface area contributed by atoms with Gasteiger partial charge >= 0.3 is 0 Å². The van der Waals surface area contributed by atoms with Crippen molar-refractivity contribution in [1.29, 1.82) is 0 Å². The Morgan fingerprint density at radius 3 is 2.48 bits per heavy atom. The van der Waals surface area contributed by atoms with Crippen LogP contribution in [0, 0.1) is 11.8 Å². The zero-order valence-electron chi connectivity index (χ0n) is 23.4. The Kier molecular flexibility index (Phi) is 7.92. The maximum atomic E-state index is 13.7. The first-order valence-electron chi connectivity index (χ1n) is 14.1. The van der Waals surface area contributed by atoms with Gasteiger partial charge in [0, 0.05) is 53.4 Å². The van der Waals surface area contributed by atoms with Crippen molar-refractivity contribution < 1.29 is 18.0 Å². The number of amides is 2. The summed E-state index contributed by atoms with van der Waals surface area (Å²) < 4.78 is 30.1. The standard InChI is InChI=1S/C30H37N5O4S/c1-5-18(4)29(36)34-25-13-26(35-30(37)20-7-6-10-31-15-20)28-22(25)12-27(40(38,39)33-14-17(2)3)21-11-24(19-8-9-19)32-16-23(21)28/h6-7,10-12,15-19,25-26,33H,5,8-9,13-14H2,1-4H3,(H,34,36)(H,35,37)/t18?,25-,26+/m1/s1. The molecule has 3 N–H and O–H groups in total. The molecule has 1 unspecified atom stereocenters. The van der Waals surface area contributed by atoms with E-state index in [1.54, 1.807) is 30.6 Å². The second-order valence-electron chi connectivity index (χ2n) is 11.4. The van der Waals surface area contributed by atoms with E-state index in [0.717, 1.165) is 24.1 Å². The molecule has 2 amide bonds. The predicted octanol–water partition coefficient (Wildman–Crippen LogP) is 4.52. The minimum Gasteiger partial charge on any atom is -0.349 e. The number of sulfonamides is 1. The highest BCUT2D eigenvalue weighted by Crippen LogP contribution is 2.47. The van der Waals surface area contributed by atoms with Gasteiger partial charge in [0.05, 0.1) is 22.5 Å². The Morgan fingerprint density at radius 2 is 1.82 bits per heavy atom. The van der Waals surface area contributed by atoms with Crippen LogP contribution in [0.5, 0.6) is 0 Å². The molecule has 0 saturated heterocycles. The van der Waals surface area contributed by atoms with E-state index in [-0.39, 0.29) is 28.5 Å². The third-order valence-electron chi connectivity index (χ3n) is 7.85. The van der Waals surface area contributed by atoms with E-state index in [2.05, 4.69) is 20.3 Å². The van der Waals surface area contributed by atoms with E-state index in [4.69, 9.17) is 4.98 Å². The molecular formula is C30H37N5O4S. The number of fused-ring (bicyclic) bond motifs is 3. The number of nitrogens with zero attached hydrogens (tertiary/aromatic N) is 2. The topological polar surface area (TPSA) is 130 Å². The van der Waals surface area contributed by atoms with Gasteiger partial charge in [-0.2, -0.15) is 0 Å². The summed E-state index contributed by atoms with van der Waals surface area (Å²) in [6.45, 7) is 8.02. The second kappa shape index (κ2) is 11.2. The van der Waals surface area contributed by atoms with Crippen molar-refractivity contribution in [2.45, 2.75) is 76.3 Å². The van der Waals surface area contributed by atoms with Crippen LogP contribution in [0.1, 0.15) is 98.6 Å². The van der Waals surface area contributed by atoms with Crippen molar-refractivity contribution in [1.82, 2.24) is 25.3 Å². The summed E-state index contributed by atoms with van der Waals surface area (Å²) >= 11 is 0. The zero-order chi connectivity index (χ0) is 28.6. The zero-order valence-corrected chi connectivity index (χ0v) is 24.2. The number of hydrogen-bond acceptors (Lipinski definition) is 6. The first-order chi connectivity index (χ1) is 19.1. The molecule has 10 heteroatoms. The minimum absolute atomic E-state index is 0.109. The molecule has 0 radical (unpaired) electrons. The van der Waals surface area contributed by atoms with Gasteiger partial charge in [0.1, 0.15) is 0 Å². The molecule has 3 aromatic rings. The van der Waals surface area contributed by atoms with E-state index in [0.29, 0.717) is 47.2 Å². The lowest BCUT2D eigenvalue weighted by Gasteiger charge is -2.19. The summed E-state index contributed by atoms with van der Waals surface area (Å²) in [5.41, 5.74) is 2.78. The molecule has 212 valence electrons. The first-order valence-corrected chi connectivity index (χ1v) is 15.5. The molecule has 2 aliphatic rings. The van der Waals surface area contributed by atoms with Gasteiger partial charge in [-0.15, -0.1) is 0 Å². The smallest absolute Gasteiger partial charge is 0.253 e. The third kappa shape index (κ3) is 5.74. The van der Waals surface area contributed by atoms with Gasteiger partial charge < -0.3 is 10.6 Å². The fourth-order valence-electron chi connectivity index (χ4n) is 5.18. The number of rotatable bonds is 10. The van der Waals surface area contributed by atoms with Gasteiger partial charge in [-0.1, -0.05) is 27.7 Å². The predicted molar refractivity (Wildman–Crippen MR) is 153 cm³/mol. The minimum atomic E-state index is -3.87. The first kappa shape index (κ1) is 28.2. The monoisotopic (exact) mass is 563 g/mol. The lowest BCUT2D eigenvalue weighted by Crippen LogP contribution is -2.33. The van der Waals surface area contributed by atoms with Gasteiger partial charge in [0.15, 0.2) is 0 Å². The van der Waals surface area contributed by atoms with E-state index in [9.17, 15) is 18.0 Å². The van der Waals surface area contributed by atoms with E-state index >= 15 is 0 Å². The molecule has 40 heavy (non-hydrogen) atoms. The molecule has 0 aliphatic heterocycles. The fourth-order valence-corrected chi connectivity index (χ4v) is 6.63. The maximum Gasteiger partial charge on any atom is 0.253 e. The van der Waals surface area contributed by atoms with Crippen LogP contribution in [-0.2, 0) is 14.8 Å². The van der Waals surface area contributed by atoms with E-state index in [1.807, 2.05) is 33.8 Å². The number of pyridine rings is 2. The van der Waals surface area contributed by atoms with Crippen LogP contribution in [0.2, 0.25) is 0 Å². The SMILES string of the molecule is CCC(C)C(=O)N[C@@H]1C[C@H](NC(=O)c2cccnc2)c2c1cc(S(=O)(=O)NCC(C)C)c1cc(C3CC3)ncc21. The quantitative estimate of drug-likeness (QED) is 0.333. The number of hydrogen-bond donors (Lipinski definition) is 3. The summed E-state index contributed by atoms with van der Waals surface area (Å²) in [5.74, 6) is -0.132. The molecule has 2 aromatic heterocycles. The molecule has 1 fully saturated rings. The molecule has 5 rings (SSSR count). The van der Waals surface area contributed by atoms with Gasteiger partial charge in [0.2, 0.25) is 15.9 Å². The van der Waals surface area contributed by atoms with Crippen molar-refractivity contribution in [3.8, 4) is 0 Å². The van der Waals surface area contributed by atoms with Crippen LogP contribution >= 0.6 is 0 Å². The Labute approximate surface area is 235 Å². The van der Waals surface area contributed by atoms with Crippen LogP contribution in [0.25, 0.3) is 10.8 Å². The van der Waals surface area contributed by atoms with Crippen molar-refractivity contribution in [3.05, 3.63) is 65.2 Å². The summed E-state index contributed by atoms with van der Waals surface area (Å²) in [6.07, 6.45) is 7.99. The molecular weight excluding hydrogens is 526 g/mol. The van der Waals surface area contributed by atoms with Crippen LogP contribution in [0.4, 0.5) is 0 Å². The average molecular weight is 564 g/mol. The largest absolute Gasteiger partial charge is 0.349 e. The number of benzene rings is 1. The van der Waals surface area contributed by atoms with Gasteiger partial charge in [-0.25, -0.2) is 13.1 Å². The molecule has 1 aromatic carbocycles. The van der Waals surface area contributed by atoms with Crippen molar-refractivity contribution in [2.24, 2.45) is 11.8 Å². The number of carbonyl (C=O) groups excluding carboxylic acids is 2. The summed E-state index contributed by atoms with van der Waals surface area (Å²) in [6, 6.07) is 6.05. The van der Waals surface area contributed by atoms with Crippen LogP contribution in [-0.4, -0.2) is 36.7 Å². The van der Waals surface area contributed by atoms with Crippen molar-refractivity contribution in [3.63, 3.8) is 0 Å². The number of nitrogens with one attached hydrogen (secondary N) is 3. The molecule has 2 aliphatic carbocycles. The molecule has 0 bridgehead atoms. The Balaban J connectivity index is 1.65. The Bertz CT molecular complexity index is 1540. The lowest BCUT2D eigenvalue weighted by molar-refractivity contribution is -0.125. The molecule has 9 nitrogen and oxygen atoms in total. The summed E-state index contributed by atoms with van der Waals surface area (Å²) in [7, 11) is -3.87. The molecule has 1 saturated carbocycles. The Morgan fingerprint density at radius 1 is 1.05 bits per heavy atom. The fraction of sp³-hybridized carbons (Fsp3) is 0.467. The van der Waals surface area contributed by atoms with Crippen molar-refractivity contribution in [2.75, 3.05) is 6.54 Å². The van der Waals surface area contributed by atoms with Crippen molar-refractivity contribution >= 4 is 32.6 Å². The van der Waals surface area contributed by atoms with Gasteiger partial charge in [-0.05, 0) is 67.0 Å². The molecule has 3 atom stereocenters. The average Bonchev–Trinajstić information content (AvgIpc) is 3.74. The third-order valence-corrected chi connectivity index (χ3v) is 9.31. The van der Waals surface area contributed by atoms with Gasteiger partial charge in [0.25, 0.3) is 5.91 Å². The highest BCUT2D eigenvalue weighted by molar-refractivity contribution is 7.89. The molecule has 2 heterocycles. The lowest BCUT2D eigenvalue weighted by atomic mass is 9.98.